The number of rotatable bonds is 5. The summed E-state index contributed by atoms with van der Waals surface area (Å²) < 4.78 is 0.730. The van der Waals surface area contributed by atoms with Crippen molar-refractivity contribution in [2.45, 2.75) is 27.7 Å². The van der Waals surface area contributed by atoms with E-state index in [0.29, 0.717) is 22.9 Å². The van der Waals surface area contributed by atoms with Crippen LogP contribution >= 0.6 is 27.5 Å². The first-order valence-corrected chi connectivity index (χ1v) is 7.00. The van der Waals surface area contributed by atoms with E-state index < -0.39 is 0 Å². The van der Waals surface area contributed by atoms with Gasteiger partial charge < -0.3 is 5.32 Å². The Balaban J connectivity index is 2.69. The molecule has 0 aliphatic carbocycles. The van der Waals surface area contributed by atoms with E-state index in [4.69, 9.17) is 11.6 Å². The molecule has 1 aromatic heterocycles. The molecule has 0 bridgehead atoms. The van der Waals surface area contributed by atoms with E-state index in [1.54, 1.807) is 0 Å². The minimum atomic E-state index is 0.438. The summed E-state index contributed by atoms with van der Waals surface area (Å²) in [5, 5.41) is 3.77. The van der Waals surface area contributed by atoms with E-state index in [1.807, 2.05) is 0 Å². The van der Waals surface area contributed by atoms with E-state index in [1.165, 1.54) is 6.33 Å². The molecule has 3 nitrogen and oxygen atoms in total. The Morgan fingerprint density at radius 3 is 2.35 bits per heavy atom. The Morgan fingerprint density at radius 1 is 1.24 bits per heavy atom. The zero-order valence-corrected chi connectivity index (χ0v) is 13.0. The number of nitrogens with one attached hydrogen (secondary N) is 1. The summed E-state index contributed by atoms with van der Waals surface area (Å²) in [5.74, 6) is 2.64. The molecule has 0 saturated carbocycles. The number of hydrogen-bond donors (Lipinski definition) is 1. The molecule has 0 atom stereocenters. The summed E-state index contributed by atoms with van der Waals surface area (Å²) in [5.41, 5.74) is 0. The van der Waals surface area contributed by atoms with Gasteiger partial charge in [-0.1, -0.05) is 39.3 Å². The fourth-order valence-electron chi connectivity index (χ4n) is 1.93. The quantitative estimate of drug-likeness (QED) is 0.825. The molecular formula is C12H19BrClN3. The third kappa shape index (κ3) is 4.11. The normalized spacial score (nSPS) is 11.6. The first-order valence-electron chi connectivity index (χ1n) is 5.83. The first-order chi connectivity index (χ1) is 7.93. The van der Waals surface area contributed by atoms with Gasteiger partial charge in [-0.15, -0.1) is 0 Å². The second-order valence-electron chi connectivity index (χ2n) is 4.86. The lowest BCUT2D eigenvalue weighted by Crippen LogP contribution is -2.25. The van der Waals surface area contributed by atoms with Crippen molar-refractivity contribution in [3.8, 4) is 0 Å². The van der Waals surface area contributed by atoms with Crippen molar-refractivity contribution in [2.75, 3.05) is 11.9 Å². The van der Waals surface area contributed by atoms with Crippen molar-refractivity contribution in [2.24, 2.45) is 17.8 Å². The number of anilines is 1. The Morgan fingerprint density at radius 2 is 1.82 bits per heavy atom. The molecule has 1 aromatic rings. The van der Waals surface area contributed by atoms with Crippen molar-refractivity contribution in [1.29, 1.82) is 0 Å². The van der Waals surface area contributed by atoms with Crippen molar-refractivity contribution < 1.29 is 0 Å². The van der Waals surface area contributed by atoms with Crippen molar-refractivity contribution in [3.63, 3.8) is 0 Å². The predicted octanol–water partition coefficient (Wildman–Crippen LogP) is 4.23. The van der Waals surface area contributed by atoms with Gasteiger partial charge in [0.25, 0.3) is 0 Å². The molecule has 96 valence electrons. The topological polar surface area (TPSA) is 37.8 Å². The third-order valence-corrected chi connectivity index (χ3v) is 4.23. The van der Waals surface area contributed by atoms with Crippen LogP contribution < -0.4 is 5.32 Å². The maximum atomic E-state index is 5.92. The van der Waals surface area contributed by atoms with Gasteiger partial charge in [-0.2, -0.15) is 0 Å². The maximum Gasteiger partial charge on any atom is 0.148 e. The minimum Gasteiger partial charge on any atom is -0.369 e. The Bertz CT molecular complexity index is 361. The fraction of sp³-hybridized carbons (Fsp3) is 0.667. The summed E-state index contributed by atoms with van der Waals surface area (Å²) in [6, 6.07) is 0. The highest BCUT2D eigenvalue weighted by molar-refractivity contribution is 9.10. The lowest BCUT2D eigenvalue weighted by Gasteiger charge is -2.25. The van der Waals surface area contributed by atoms with E-state index in [9.17, 15) is 0 Å². The molecular weight excluding hydrogens is 302 g/mol. The SMILES string of the molecule is CC(C)C(CNc1ncnc(Cl)c1Br)C(C)C. The van der Waals surface area contributed by atoms with Gasteiger partial charge in [-0.3, -0.25) is 0 Å². The molecule has 0 spiro atoms. The largest absolute Gasteiger partial charge is 0.369 e. The van der Waals surface area contributed by atoms with E-state index >= 15 is 0 Å². The lowest BCUT2D eigenvalue weighted by atomic mass is 9.85. The predicted molar refractivity (Wildman–Crippen MR) is 76.4 cm³/mol. The molecule has 5 heteroatoms. The van der Waals surface area contributed by atoms with Gasteiger partial charge in [0.1, 0.15) is 17.3 Å². The standard InChI is InChI=1S/C12H19BrClN3/c1-7(2)9(8(3)4)5-15-12-10(13)11(14)16-6-17-12/h6-9H,5H2,1-4H3,(H,15,16,17). The van der Waals surface area contributed by atoms with Gasteiger partial charge in [0.05, 0.1) is 4.47 Å². The molecule has 1 heterocycles. The average Bonchev–Trinajstić information content (AvgIpc) is 2.23. The van der Waals surface area contributed by atoms with Crippen molar-refractivity contribution in [3.05, 3.63) is 16.0 Å². The second kappa shape index (κ2) is 6.55. The van der Waals surface area contributed by atoms with Crippen molar-refractivity contribution in [1.82, 2.24) is 9.97 Å². The van der Waals surface area contributed by atoms with Crippen LogP contribution in [-0.2, 0) is 0 Å². The molecule has 1 N–H and O–H groups in total. The van der Waals surface area contributed by atoms with Crippen LogP contribution in [-0.4, -0.2) is 16.5 Å². The fourth-order valence-corrected chi connectivity index (χ4v) is 2.41. The van der Waals surface area contributed by atoms with Crippen LogP contribution in [0.2, 0.25) is 5.15 Å². The molecule has 0 amide bonds. The smallest absolute Gasteiger partial charge is 0.148 e. The van der Waals surface area contributed by atoms with Gasteiger partial charge in [-0.25, -0.2) is 9.97 Å². The van der Waals surface area contributed by atoms with E-state index in [-0.39, 0.29) is 0 Å². The van der Waals surface area contributed by atoms with Crippen LogP contribution in [0.15, 0.2) is 10.8 Å². The number of nitrogens with zero attached hydrogens (tertiary/aromatic N) is 2. The van der Waals surface area contributed by atoms with Crippen molar-refractivity contribution >= 4 is 33.3 Å². The summed E-state index contributed by atoms with van der Waals surface area (Å²) in [7, 11) is 0. The highest BCUT2D eigenvalue weighted by Gasteiger charge is 2.18. The Hall–Kier alpha value is -0.350. The summed E-state index contributed by atoms with van der Waals surface area (Å²) >= 11 is 9.30. The number of halogens is 2. The van der Waals surface area contributed by atoms with Crippen LogP contribution in [0.1, 0.15) is 27.7 Å². The molecule has 0 fully saturated rings. The van der Waals surface area contributed by atoms with E-state index in [2.05, 4.69) is 58.9 Å². The lowest BCUT2D eigenvalue weighted by molar-refractivity contribution is 0.304. The summed E-state index contributed by atoms with van der Waals surface area (Å²) in [6.45, 7) is 9.87. The molecule has 1 rings (SSSR count). The van der Waals surface area contributed by atoms with Gasteiger partial charge in [0.2, 0.25) is 0 Å². The molecule has 0 unspecified atom stereocenters. The molecule has 0 aliphatic heterocycles. The van der Waals surface area contributed by atoms with Gasteiger partial charge in [0.15, 0.2) is 0 Å². The highest BCUT2D eigenvalue weighted by Crippen LogP contribution is 2.27. The minimum absolute atomic E-state index is 0.438. The van der Waals surface area contributed by atoms with Gasteiger partial charge >= 0.3 is 0 Å². The maximum absolute atomic E-state index is 5.92. The zero-order valence-electron chi connectivity index (χ0n) is 10.7. The van der Waals surface area contributed by atoms with Crippen LogP contribution in [0.3, 0.4) is 0 Å². The van der Waals surface area contributed by atoms with Gasteiger partial charge in [-0.05, 0) is 33.7 Å². The molecule has 0 radical (unpaired) electrons. The second-order valence-corrected chi connectivity index (χ2v) is 6.01. The number of hydrogen-bond acceptors (Lipinski definition) is 3. The molecule has 17 heavy (non-hydrogen) atoms. The monoisotopic (exact) mass is 319 g/mol. The van der Waals surface area contributed by atoms with E-state index in [0.717, 1.165) is 16.8 Å². The van der Waals surface area contributed by atoms with Crippen LogP contribution in [0.25, 0.3) is 0 Å². The Kier molecular flexibility index (Phi) is 5.67. The van der Waals surface area contributed by atoms with Crippen LogP contribution in [0.4, 0.5) is 5.82 Å². The molecule has 0 aromatic carbocycles. The van der Waals surface area contributed by atoms with Gasteiger partial charge in [0, 0.05) is 6.54 Å². The molecule has 0 saturated heterocycles. The first kappa shape index (κ1) is 14.7. The zero-order chi connectivity index (χ0) is 13.0. The Labute approximate surface area is 117 Å². The average molecular weight is 321 g/mol. The van der Waals surface area contributed by atoms with Crippen LogP contribution in [0, 0.1) is 17.8 Å². The highest BCUT2D eigenvalue weighted by atomic mass is 79.9. The van der Waals surface area contributed by atoms with Crippen LogP contribution in [0.5, 0.6) is 0 Å². The molecule has 0 aliphatic rings. The third-order valence-electron chi connectivity index (χ3n) is 2.96. The summed E-state index contributed by atoms with van der Waals surface area (Å²) in [4.78, 5) is 8.08. The number of aromatic nitrogens is 2. The summed E-state index contributed by atoms with van der Waals surface area (Å²) in [6.07, 6.45) is 1.47.